The Kier molecular flexibility index (Phi) is 3.17. The Bertz CT molecular complexity index is 243. The number of esters is 1. The molecule has 0 amide bonds. The zero-order chi connectivity index (χ0) is 8.97. The zero-order valence-electron chi connectivity index (χ0n) is 6.67. The minimum atomic E-state index is -0.408. The molecule has 1 heterocycles. The maximum atomic E-state index is 10.7. The Balaban J connectivity index is 2.50. The summed E-state index contributed by atoms with van der Waals surface area (Å²) in [7, 11) is 1.32. The summed E-state index contributed by atoms with van der Waals surface area (Å²) >= 11 is 5.51. The fourth-order valence-electron chi connectivity index (χ4n) is 0.827. The summed E-state index contributed by atoms with van der Waals surface area (Å²) in [5, 5.41) is 0. The van der Waals surface area contributed by atoms with Crippen LogP contribution >= 0.6 is 11.6 Å². The molecule has 1 aliphatic heterocycles. The van der Waals surface area contributed by atoms with Gasteiger partial charge < -0.3 is 9.47 Å². The van der Waals surface area contributed by atoms with Gasteiger partial charge in [0.25, 0.3) is 0 Å². The second kappa shape index (κ2) is 4.16. The molecular weight excluding hydrogens is 180 g/mol. The van der Waals surface area contributed by atoms with E-state index in [4.69, 9.17) is 16.3 Å². The third-order valence-corrected chi connectivity index (χ3v) is 1.67. The van der Waals surface area contributed by atoms with Crippen molar-refractivity contribution >= 4 is 17.6 Å². The molecule has 0 unspecified atom stereocenters. The van der Waals surface area contributed by atoms with Gasteiger partial charge in [-0.2, -0.15) is 0 Å². The Hall–Kier alpha value is -0.960. The summed E-state index contributed by atoms with van der Waals surface area (Å²) in [5.74, 6) is 1.19. The number of hydrogen-bond donors (Lipinski definition) is 0. The molecule has 3 nitrogen and oxygen atoms in total. The van der Waals surface area contributed by atoms with E-state index in [1.54, 1.807) is 0 Å². The first kappa shape index (κ1) is 9.13. The van der Waals surface area contributed by atoms with Gasteiger partial charge in [0, 0.05) is 6.42 Å². The summed E-state index contributed by atoms with van der Waals surface area (Å²) in [6.07, 6.45) is 3.76. The van der Waals surface area contributed by atoms with Crippen LogP contribution in [0, 0.1) is 0 Å². The van der Waals surface area contributed by atoms with E-state index in [9.17, 15) is 4.79 Å². The number of carbonyl (C=O) groups excluding carboxylic acids is 1. The van der Waals surface area contributed by atoms with Crippen LogP contribution in [0.25, 0.3) is 0 Å². The van der Waals surface area contributed by atoms with Crippen molar-refractivity contribution < 1.29 is 14.3 Å². The molecule has 0 saturated carbocycles. The van der Waals surface area contributed by atoms with Gasteiger partial charge in [-0.25, -0.2) is 4.79 Å². The van der Waals surface area contributed by atoms with E-state index in [-0.39, 0.29) is 0 Å². The predicted octanol–water partition coefficient (Wildman–Crippen LogP) is 1.59. The lowest BCUT2D eigenvalue weighted by Gasteiger charge is -2.00. The predicted molar refractivity (Wildman–Crippen MR) is 44.6 cm³/mol. The normalized spacial score (nSPS) is 18.8. The fraction of sp³-hybridized carbons (Fsp3) is 0.375. The van der Waals surface area contributed by atoms with Crippen LogP contribution in [0.5, 0.6) is 0 Å². The third-order valence-electron chi connectivity index (χ3n) is 1.40. The van der Waals surface area contributed by atoms with Crippen LogP contribution in [0.2, 0.25) is 0 Å². The van der Waals surface area contributed by atoms with Gasteiger partial charge in [0.15, 0.2) is 0 Å². The highest BCUT2D eigenvalue weighted by Crippen LogP contribution is 2.20. The molecule has 0 fully saturated rings. The number of allylic oxidation sites excluding steroid dienone is 2. The first-order chi connectivity index (χ1) is 5.76. The molecule has 0 aromatic carbocycles. The molecule has 0 spiro atoms. The van der Waals surface area contributed by atoms with Gasteiger partial charge in [-0.05, 0) is 6.08 Å². The second-order valence-electron chi connectivity index (χ2n) is 2.24. The summed E-state index contributed by atoms with van der Waals surface area (Å²) in [6.45, 7) is 0. The van der Waals surface area contributed by atoms with Crippen LogP contribution in [-0.4, -0.2) is 19.0 Å². The van der Waals surface area contributed by atoms with Crippen molar-refractivity contribution in [1.29, 1.82) is 0 Å². The highest BCUT2D eigenvalue weighted by Gasteiger charge is 2.11. The van der Waals surface area contributed by atoms with E-state index in [1.165, 1.54) is 13.2 Å². The third kappa shape index (κ3) is 2.27. The first-order valence-electron chi connectivity index (χ1n) is 3.47. The Labute approximate surface area is 75.6 Å². The van der Waals surface area contributed by atoms with Crippen molar-refractivity contribution in [3.63, 3.8) is 0 Å². The number of hydrogen-bond acceptors (Lipinski definition) is 3. The second-order valence-corrected chi connectivity index (χ2v) is 2.51. The van der Waals surface area contributed by atoms with E-state index in [0.717, 1.165) is 0 Å². The molecule has 1 aliphatic rings. The minimum absolute atomic E-state index is 0.332. The molecule has 0 aliphatic carbocycles. The van der Waals surface area contributed by atoms with Crippen LogP contribution in [0.1, 0.15) is 6.42 Å². The lowest BCUT2D eigenvalue weighted by molar-refractivity contribution is -0.135. The lowest BCUT2D eigenvalue weighted by atomic mass is 10.3. The van der Waals surface area contributed by atoms with Gasteiger partial charge in [0.05, 0.1) is 19.1 Å². The summed E-state index contributed by atoms with van der Waals surface area (Å²) in [5.41, 5.74) is 0. The van der Waals surface area contributed by atoms with Crippen LogP contribution in [-0.2, 0) is 14.3 Å². The van der Waals surface area contributed by atoms with Gasteiger partial charge in [0.1, 0.15) is 11.5 Å². The quantitative estimate of drug-likeness (QED) is 0.375. The minimum Gasteiger partial charge on any atom is -0.466 e. The Morgan fingerprint density at radius 2 is 2.67 bits per heavy atom. The molecule has 0 bridgehead atoms. The molecule has 4 heteroatoms. The van der Waals surface area contributed by atoms with Gasteiger partial charge in [-0.3, -0.25) is 0 Å². The van der Waals surface area contributed by atoms with Crippen molar-refractivity contribution in [1.82, 2.24) is 0 Å². The number of halogens is 1. The summed E-state index contributed by atoms with van der Waals surface area (Å²) in [4.78, 5) is 10.7. The van der Waals surface area contributed by atoms with E-state index in [1.807, 2.05) is 6.08 Å². The maximum Gasteiger partial charge on any atom is 0.333 e. The maximum absolute atomic E-state index is 10.7. The van der Waals surface area contributed by atoms with Gasteiger partial charge in [-0.1, -0.05) is 0 Å². The van der Waals surface area contributed by atoms with E-state index >= 15 is 0 Å². The van der Waals surface area contributed by atoms with Gasteiger partial charge >= 0.3 is 5.97 Å². The molecule has 0 radical (unpaired) electrons. The number of alkyl halides is 1. The topological polar surface area (TPSA) is 35.5 Å². The standard InChI is InChI=1S/C8H9ClO3/c1-11-8(10)4-6-2-3-7(5-9)12-6/h3-4H,2,5H2,1H3/b6-4-. The van der Waals surface area contributed by atoms with E-state index < -0.39 is 5.97 Å². The van der Waals surface area contributed by atoms with E-state index in [2.05, 4.69) is 4.74 Å². The zero-order valence-corrected chi connectivity index (χ0v) is 7.43. The van der Waals surface area contributed by atoms with E-state index in [0.29, 0.717) is 23.8 Å². The number of ether oxygens (including phenoxy) is 2. The van der Waals surface area contributed by atoms with Crippen molar-refractivity contribution in [2.45, 2.75) is 6.42 Å². The van der Waals surface area contributed by atoms with Gasteiger partial charge in [0.2, 0.25) is 0 Å². The summed E-state index contributed by atoms with van der Waals surface area (Å²) in [6, 6.07) is 0. The van der Waals surface area contributed by atoms with Crippen LogP contribution in [0.4, 0.5) is 0 Å². The Morgan fingerprint density at radius 3 is 3.17 bits per heavy atom. The van der Waals surface area contributed by atoms with Crippen molar-refractivity contribution in [3.8, 4) is 0 Å². The first-order valence-corrected chi connectivity index (χ1v) is 4.01. The fourth-order valence-corrected chi connectivity index (χ4v) is 0.990. The molecule has 0 atom stereocenters. The highest BCUT2D eigenvalue weighted by atomic mass is 35.5. The largest absolute Gasteiger partial charge is 0.466 e. The molecule has 0 aromatic heterocycles. The SMILES string of the molecule is COC(=O)/C=C1/CC=C(CCl)O1. The van der Waals surface area contributed by atoms with Crippen molar-refractivity contribution in [3.05, 3.63) is 23.7 Å². The molecule has 12 heavy (non-hydrogen) atoms. The average Bonchev–Trinajstić information content (AvgIpc) is 2.52. The lowest BCUT2D eigenvalue weighted by Crippen LogP contribution is -1.97. The van der Waals surface area contributed by atoms with Crippen LogP contribution < -0.4 is 0 Å². The van der Waals surface area contributed by atoms with Crippen molar-refractivity contribution in [2.24, 2.45) is 0 Å². The number of methoxy groups -OCH3 is 1. The van der Waals surface area contributed by atoms with Gasteiger partial charge in [-0.15, -0.1) is 11.6 Å². The molecule has 66 valence electrons. The average molecular weight is 189 g/mol. The number of carbonyl (C=O) groups is 1. The molecular formula is C8H9ClO3. The Morgan fingerprint density at radius 1 is 1.92 bits per heavy atom. The monoisotopic (exact) mass is 188 g/mol. The van der Waals surface area contributed by atoms with Crippen molar-refractivity contribution in [2.75, 3.05) is 13.0 Å². The molecule has 0 N–H and O–H groups in total. The summed E-state index contributed by atoms with van der Waals surface area (Å²) < 4.78 is 9.60. The molecule has 1 rings (SSSR count). The van der Waals surface area contributed by atoms with Crippen LogP contribution in [0.15, 0.2) is 23.7 Å². The highest BCUT2D eigenvalue weighted by molar-refractivity contribution is 6.19. The smallest absolute Gasteiger partial charge is 0.333 e. The number of rotatable bonds is 2. The molecule has 0 aromatic rings. The molecule has 0 saturated heterocycles. The van der Waals surface area contributed by atoms with Crippen LogP contribution in [0.3, 0.4) is 0 Å².